The summed E-state index contributed by atoms with van der Waals surface area (Å²) < 4.78 is 38.5. The minimum Gasteiger partial charge on any atom is -0.310 e. The molecule has 6 heteroatoms. The van der Waals surface area contributed by atoms with E-state index in [2.05, 4.69) is 10.1 Å². The second-order valence-electron chi connectivity index (χ2n) is 3.42. The van der Waals surface area contributed by atoms with Crippen LogP contribution in [0.2, 0.25) is 0 Å². The summed E-state index contributed by atoms with van der Waals surface area (Å²) >= 11 is 5.67. The molecule has 0 aliphatic rings. The molecule has 0 amide bonds. The Kier molecular flexibility index (Phi) is 5.74. The SMILES string of the molecule is FC(F)(F)OCCNCc1cccc(CCl)c1. The molecule has 0 saturated heterocycles. The summed E-state index contributed by atoms with van der Waals surface area (Å²) in [4.78, 5) is 0. The van der Waals surface area contributed by atoms with Crippen LogP contribution in [0.4, 0.5) is 13.2 Å². The van der Waals surface area contributed by atoms with Gasteiger partial charge in [0.25, 0.3) is 0 Å². The molecule has 0 bridgehead atoms. The van der Waals surface area contributed by atoms with Gasteiger partial charge in [0.15, 0.2) is 0 Å². The lowest BCUT2D eigenvalue weighted by molar-refractivity contribution is -0.323. The van der Waals surface area contributed by atoms with Crippen LogP contribution in [0.1, 0.15) is 11.1 Å². The molecule has 1 N–H and O–H groups in total. The van der Waals surface area contributed by atoms with E-state index in [-0.39, 0.29) is 6.54 Å². The fraction of sp³-hybridized carbons (Fsp3) is 0.455. The minimum absolute atomic E-state index is 0.143. The normalized spacial score (nSPS) is 11.8. The molecule has 0 aliphatic heterocycles. The van der Waals surface area contributed by atoms with Crippen molar-refractivity contribution in [2.45, 2.75) is 18.8 Å². The van der Waals surface area contributed by atoms with E-state index in [0.29, 0.717) is 12.4 Å². The Balaban J connectivity index is 2.22. The van der Waals surface area contributed by atoms with Crippen molar-refractivity contribution in [3.8, 4) is 0 Å². The summed E-state index contributed by atoms with van der Waals surface area (Å²) in [6, 6.07) is 7.54. The van der Waals surface area contributed by atoms with Crippen LogP contribution in [0, 0.1) is 0 Å². The van der Waals surface area contributed by atoms with Crippen LogP contribution in [-0.4, -0.2) is 19.5 Å². The lowest BCUT2D eigenvalue weighted by atomic mass is 10.1. The van der Waals surface area contributed by atoms with Crippen LogP contribution in [0.3, 0.4) is 0 Å². The summed E-state index contributed by atoms with van der Waals surface area (Å²) in [5, 5.41) is 2.86. The van der Waals surface area contributed by atoms with Gasteiger partial charge in [0.1, 0.15) is 0 Å². The summed E-state index contributed by atoms with van der Waals surface area (Å²) in [6.07, 6.45) is -4.56. The van der Waals surface area contributed by atoms with Gasteiger partial charge < -0.3 is 5.32 Å². The van der Waals surface area contributed by atoms with Gasteiger partial charge in [0.05, 0.1) is 6.61 Å². The first-order valence-electron chi connectivity index (χ1n) is 5.06. The van der Waals surface area contributed by atoms with E-state index < -0.39 is 13.0 Å². The van der Waals surface area contributed by atoms with Crippen molar-refractivity contribution in [1.29, 1.82) is 0 Å². The Bertz CT molecular complexity index is 344. The molecule has 1 aromatic rings. The second-order valence-corrected chi connectivity index (χ2v) is 3.69. The molecule has 0 saturated carbocycles. The molecule has 0 aliphatic carbocycles. The topological polar surface area (TPSA) is 21.3 Å². The minimum atomic E-state index is -4.56. The number of benzene rings is 1. The van der Waals surface area contributed by atoms with Crippen molar-refractivity contribution < 1.29 is 17.9 Å². The van der Waals surface area contributed by atoms with Gasteiger partial charge in [-0.15, -0.1) is 24.8 Å². The van der Waals surface area contributed by atoms with Crippen molar-refractivity contribution in [2.24, 2.45) is 0 Å². The lowest BCUT2D eigenvalue weighted by Crippen LogP contribution is -2.23. The smallest absolute Gasteiger partial charge is 0.310 e. The number of ether oxygens (including phenoxy) is 1. The van der Waals surface area contributed by atoms with Gasteiger partial charge in [-0.3, -0.25) is 4.74 Å². The van der Waals surface area contributed by atoms with E-state index in [0.717, 1.165) is 11.1 Å². The molecule has 0 heterocycles. The second kappa shape index (κ2) is 6.83. The molecular weight excluding hydrogens is 255 g/mol. The quantitative estimate of drug-likeness (QED) is 0.632. The van der Waals surface area contributed by atoms with E-state index >= 15 is 0 Å². The predicted octanol–water partition coefficient (Wildman–Crippen LogP) is 3.05. The highest BCUT2D eigenvalue weighted by Gasteiger charge is 2.28. The maximum absolute atomic E-state index is 11.6. The van der Waals surface area contributed by atoms with Crippen molar-refractivity contribution in [1.82, 2.24) is 5.32 Å². The zero-order valence-corrected chi connectivity index (χ0v) is 9.81. The highest BCUT2D eigenvalue weighted by molar-refractivity contribution is 6.17. The van der Waals surface area contributed by atoms with Crippen LogP contribution < -0.4 is 5.32 Å². The van der Waals surface area contributed by atoms with E-state index in [1.165, 1.54) is 0 Å². The average Bonchev–Trinajstić information content (AvgIpc) is 2.27. The molecule has 2 nitrogen and oxygen atoms in total. The van der Waals surface area contributed by atoms with Crippen LogP contribution in [0.5, 0.6) is 0 Å². The van der Waals surface area contributed by atoms with Crippen molar-refractivity contribution >= 4 is 11.6 Å². The molecule has 0 fully saturated rings. The number of alkyl halides is 4. The molecule has 0 unspecified atom stereocenters. The fourth-order valence-electron chi connectivity index (χ4n) is 1.29. The van der Waals surface area contributed by atoms with E-state index in [1.54, 1.807) is 0 Å². The maximum atomic E-state index is 11.6. The molecule has 96 valence electrons. The Morgan fingerprint density at radius 3 is 2.59 bits per heavy atom. The molecule has 0 atom stereocenters. The molecule has 17 heavy (non-hydrogen) atoms. The molecule has 0 radical (unpaired) electrons. The largest absolute Gasteiger partial charge is 0.522 e. The van der Waals surface area contributed by atoms with Crippen LogP contribution in [0.25, 0.3) is 0 Å². The highest BCUT2D eigenvalue weighted by Crippen LogP contribution is 2.15. The lowest BCUT2D eigenvalue weighted by Gasteiger charge is -2.08. The third-order valence-electron chi connectivity index (χ3n) is 2.02. The summed E-state index contributed by atoms with van der Waals surface area (Å²) in [5.41, 5.74) is 1.97. The van der Waals surface area contributed by atoms with Crippen molar-refractivity contribution in [2.75, 3.05) is 13.2 Å². The first-order chi connectivity index (χ1) is 8.01. The first kappa shape index (κ1) is 14.3. The standard InChI is InChI=1S/C11H13ClF3NO/c12-7-9-2-1-3-10(6-9)8-16-4-5-17-11(13,14)15/h1-3,6,16H,4-5,7-8H2. The molecule has 0 aromatic heterocycles. The van der Waals surface area contributed by atoms with Crippen LogP contribution >= 0.6 is 11.6 Å². The van der Waals surface area contributed by atoms with E-state index in [1.807, 2.05) is 24.3 Å². The third-order valence-corrected chi connectivity index (χ3v) is 2.33. The monoisotopic (exact) mass is 267 g/mol. The van der Waals surface area contributed by atoms with Crippen molar-refractivity contribution in [3.63, 3.8) is 0 Å². The van der Waals surface area contributed by atoms with Crippen LogP contribution in [0.15, 0.2) is 24.3 Å². The van der Waals surface area contributed by atoms with Crippen molar-refractivity contribution in [3.05, 3.63) is 35.4 Å². The highest BCUT2D eigenvalue weighted by atomic mass is 35.5. The fourth-order valence-corrected chi connectivity index (χ4v) is 1.46. The van der Waals surface area contributed by atoms with Gasteiger partial charge >= 0.3 is 6.36 Å². The summed E-state index contributed by atoms with van der Waals surface area (Å²) in [6.45, 7) is 0.245. The predicted molar refractivity (Wildman–Crippen MR) is 59.7 cm³/mol. The molecule has 0 spiro atoms. The molecule has 1 aromatic carbocycles. The Morgan fingerprint density at radius 2 is 1.94 bits per heavy atom. The number of halogens is 4. The summed E-state index contributed by atoms with van der Waals surface area (Å²) in [5.74, 6) is 0.422. The number of nitrogens with one attached hydrogen (secondary N) is 1. The number of hydrogen-bond acceptors (Lipinski definition) is 2. The van der Waals surface area contributed by atoms with Gasteiger partial charge in [-0.05, 0) is 11.1 Å². The van der Waals surface area contributed by atoms with Gasteiger partial charge in [-0.1, -0.05) is 24.3 Å². The van der Waals surface area contributed by atoms with Gasteiger partial charge in [-0.2, -0.15) is 0 Å². The summed E-state index contributed by atoms with van der Waals surface area (Å²) in [7, 11) is 0. The third kappa shape index (κ3) is 6.51. The zero-order valence-electron chi connectivity index (χ0n) is 9.06. The molecule has 1 rings (SSSR count). The Morgan fingerprint density at radius 1 is 1.24 bits per heavy atom. The Hall–Kier alpha value is -0.780. The number of rotatable bonds is 6. The van der Waals surface area contributed by atoms with Gasteiger partial charge in [0.2, 0.25) is 0 Å². The Labute approximate surface area is 103 Å². The number of hydrogen-bond donors (Lipinski definition) is 1. The molecular formula is C11H13ClF3NO. The maximum Gasteiger partial charge on any atom is 0.522 e. The zero-order chi connectivity index (χ0) is 12.7. The average molecular weight is 268 g/mol. The van der Waals surface area contributed by atoms with E-state index in [4.69, 9.17) is 11.6 Å². The van der Waals surface area contributed by atoms with Crippen LogP contribution in [-0.2, 0) is 17.2 Å². The first-order valence-corrected chi connectivity index (χ1v) is 5.60. The van der Waals surface area contributed by atoms with E-state index in [9.17, 15) is 13.2 Å². The van der Waals surface area contributed by atoms with Gasteiger partial charge in [0, 0.05) is 19.0 Å². The van der Waals surface area contributed by atoms with Gasteiger partial charge in [-0.25, -0.2) is 0 Å².